The van der Waals surface area contributed by atoms with Crippen molar-refractivity contribution in [2.45, 2.75) is 39.8 Å². The fourth-order valence-electron chi connectivity index (χ4n) is 2.98. The van der Waals surface area contributed by atoms with Crippen LogP contribution in [0.2, 0.25) is 0 Å². The SMILES string of the molecule is CCNc1nc(C)cc(N2CCc3cc([C@H](C)O)ccc3C2)n1. The van der Waals surface area contributed by atoms with Gasteiger partial charge in [0.25, 0.3) is 0 Å². The van der Waals surface area contributed by atoms with Gasteiger partial charge in [-0.25, -0.2) is 4.98 Å². The molecule has 0 unspecified atom stereocenters. The van der Waals surface area contributed by atoms with Crippen LogP contribution >= 0.6 is 0 Å². The van der Waals surface area contributed by atoms with Crippen molar-refractivity contribution in [1.29, 1.82) is 0 Å². The third-order valence-corrected chi connectivity index (χ3v) is 4.22. The van der Waals surface area contributed by atoms with Crippen LogP contribution in [0.1, 0.15) is 42.3 Å². The summed E-state index contributed by atoms with van der Waals surface area (Å²) in [6, 6.07) is 8.31. The first kappa shape index (κ1) is 15.7. The first-order valence-electron chi connectivity index (χ1n) is 8.21. The van der Waals surface area contributed by atoms with E-state index in [0.29, 0.717) is 5.95 Å². The second kappa shape index (κ2) is 6.54. The molecule has 0 fully saturated rings. The quantitative estimate of drug-likeness (QED) is 0.909. The van der Waals surface area contributed by atoms with Crippen molar-refractivity contribution < 1.29 is 5.11 Å². The Hall–Kier alpha value is -2.14. The Bertz CT molecular complexity index is 699. The number of anilines is 2. The van der Waals surface area contributed by atoms with Crippen LogP contribution in [0, 0.1) is 6.92 Å². The summed E-state index contributed by atoms with van der Waals surface area (Å²) in [6.45, 7) is 8.44. The number of benzene rings is 1. The Morgan fingerprint density at radius 3 is 2.83 bits per heavy atom. The third-order valence-electron chi connectivity index (χ3n) is 4.22. The highest BCUT2D eigenvalue weighted by Crippen LogP contribution is 2.26. The van der Waals surface area contributed by atoms with Crippen LogP contribution in [-0.4, -0.2) is 28.2 Å². The first-order valence-corrected chi connectivity index (χ1v) is 8.21. The molecule has 0 amide bonds. The Morgan fingerprint density at radius 1 is 1.26 bits per heavy atom. The van der Waals surface area contributed by atoms with Crippen LogP contribution in [0.5, 0.6) is 0 Å². The monoisotopic (exact) mass is 312 g/mol. The molecule has 1 atom stereocenters. The zero-order valence-electron chi connectivity index (χ0n) is 14.0. The molecule has 2 N–H and O–H groups in total. The molecule has 0 radical (unpaired) electrons. The number of aliphatic hydroxyl groups excluding tert-OH is 1. The molecule has 0 spiro atoms. The molecular formula is C18H24N4O. The lowest BCUT2D eigenvalue weighted by atomic mass is 9.96. The van der Waals surface area contributed by atoms with Crippen LogP contribution in [0.4, 0.5) is 11.8 Å². The minimum atomic E-state index is -0.412. The molecule has 2 aromatic rings. The van der Waals surface area contributed by atoms with E-state index < -0.39 is 6.10 Å². The fraction of sp³-hybridized carbons (Fsp3) is 0.444. The van der Waals surface area contributed by atoms with E-state index in [1.54, 1.807) is 0 Å². The van der Waals surface area contributed by atoms with Crippen LogP contribution < -0.4 is 10.2 Å². The molecule has 0 bridgehead atoms. The molecule has 122 valence electrons. The van der Waals surface area contributed by atoms with E-state index in [-0.39, 0.29) is 0 Å². The number of aryl methyl sites for hydroxylation is 1. The van der Waals surface area contributed by atoms with E-state index in [2.05, 4.69) is 32.3 Å². The largest absolute Gasteiger partial charge is 0.389 e. The summed E-state index contributed by atoms with van der Waals surface area (Å²) in [5.41, 5.74) is 4.60. The minimum Gasteiger partial charge on any atom is -0.389 e. The Kier molecular flexibility index (Phi) is 4.48. The van der Waals surface area contributed by atoms with Gasteiger partial charge in [0.15, 0.2) is 0 Å². The number of fused-ring (bicyclic) bond motifs is 1. The molecule has 1 aromatic carbocycles. The summed E-state index contributed by atoms with van der Waals surface area (Å²) in [4.78, 5) is 11.3. The van der Waals surface area contributed by atoms with Crippen molar-refractivity contribution in [2.75, 3.05) is 23.3 Å². The van der Waals surface area contributed by atoms with Crippen LogP contribution in [0.25, 0.3) is 0 Å². The molecule has 1 aliphatic rings. The van der Waals surface area contributed by atoms with Gasteiger partial charge in [-0.2, -0.15) is 4.98 Å². The van der Waals surface area contributed by atoms with Gasteiger partial charge in [0, 0.05) is 31.4 Å². The summed E-state index contributed by atoms with van der Waals surface area (Å²) >= 11 is 0. The Balaban J connectivity index is 1.84. The number of hydrogen-bond donors (Lipinski definition) is 2. The maximum absolute atomic E-state index is 9.73. The number of rotatable bonds is 4. The van der Waals surface area contributed by atoms with Gasteiger partial charge < -0.3 is 15.3 Å². The molecule has 0 aliphatic carbocycles. The van der Waals surface area contributed by atoms with Crippen LogP contribution in [0.15, 0.2) is 24.3 Å². The first-order chi connectivity index (χ1) is 11.1. The van der Waals surface area contributed by atoms with Crippen molar-refractivity contribution in [3.63, 3.8) is 0 Å². The van der Waals surface area contributed by atoms with E-state index in [1.165, 1.54) is 11.1 Å². The van der Waals surface area contributed by atoms with Crippen molar-refractivity contribution in [1.82, 2.24) is 9.97 Å². The number of aromatic nitrogens is 2. The molecule has 0 saturated heterocycles. The third kappa shape index (κ3) is 3.45. The molecular weight excluding hydrogens is 288 g/mol. The topological polar surface area (TPSA) is 61.3 Å². The Labute approximate surface area is 137 Å². The van der Waals surface area contributed by atoms with Crippen molar-refractivity contribution >= 4 is 11.8 Å². The van der Waals surface area contributed by atoms with Crippen LogP contribution in [-0.2, 0) is 13.0 Å². The number of nitrogens with one attached hydrogen (secondary N) is 1. The second-order valence-electron chi connectivity index (χ2n) is 6.10. The van der Waals surface area contributed by atoms with Gasteiger partial charge >= 0.3 is 0 Å². The van der Waals surface area contributed by atoms with Gasteiger partial charge in [0.2, 0.25) is 5.95 Å². The highest BCUT2D eigenvalue weighted by atomic mass is 16.3. The summed E-state index contributed by atoms with van der Waals surface area (Å²) in [6.07, 6.45) is 0.556. The highest BCUT2D eigenvalue weighted by Gasteiger charge is 2.19. The second-order valence-corrected chi connectivity index (χ2v) is 6.10. The average molecular weight is 312 g/mol. The van der Waals surface area contributed by atoms with E-state index in [0.717, 1.165) is 43.1 Å². The smallest absolute Gasteiger partial charge is 0.224 e. The van der Waals surface area contributed by atoms with Gasteiger partial charge in [-0.1, -0.05) is 18.2 Å². The molecule has 5 nitrogen and oxygen atoms in total. The minimum absolute atomic E-state index is 0.412. The molecule has 23 heavy (non-hydrogen) atoms. The standard InChI is InChI=1S/C18H24N4O/c1-4-19-18-20-12(2)9-17(21-18)22-8-7-15-10-14(13(3)23)5-6-16(15)11-22/h5-6,9-10,13,23H,4,7-8,11H2,1-3H3,(H,19,20,21)/t13-/m0/s1. The number of aliphatic hydroxyl groups is 1. The lowest BCUT2D eigenvalue weighted by Crippen LogP contribution is -2.31. The maximum atomic E-state index is 9.73. The van der Waals surface area contributed by atoms with Gasteiger partial charge in [-0.15, -0.1) is 0 Å². The summed E-state index contributed by atoms with van der Waals surface area (Å²) in [5.74, 6) is 1.66. The zero-order valence-corrected chi connectivity index (χ0v) is 14.0. The molecule has 5 heteroatoms. The lowest BCUT2D eigenvalue weighted by Gasteiger charge is -2.30. The fourth-order valence-corrected chi connectivity index (χ4v) is 2.98. The van der Waals surface area contributed by atoms with E-state index in [4.69, 9.17) is 0 Å². The normalized spacial score (nSPS) is 15.2. The van der Waals surface area contributed by atoms with Crippen LogP contribution in [0.3, 0.4) is 0 Å². The predicted molar refractivity (Wildman–Crippen MR) is 92.8 cm³/mol. The highest BCUT2D eigenvalue weighted by molar-refractivity contribution is 5.48. The number of nitrogens with zero attached hydrogens (tertiary/aromatic N) is 3. The zero-order chi connectivity index (χ0) is 16.4. The van der Waals surface area contributed by atoms with Gasteiger partial charge in [0.1, 0.15) is 5.82 Å². The Morgan fingerprint density at radius 2 is 2.09 bits per heavy atom. The molecule has 0 saturated carbocycles. The van der Waals surface area contributed by atoms with Gasteiger partial charge in [0.05, 0.1) is 6.10 Å². The summed E-state index contributed by atoms with van der Waals surface area (Å²) in [7, 11) is 0. The summed E-state index contributed by atoms with van der Waals surface area (Å²) < 4.78 is 0. The molecule has 3 rings (SSSR count). The van der Waals surface area contributed by atoms with Gasteiger partial charge in [-0.05, 0) is 43.9 Å². The van der Waals surface area contributed by atoms with Gasteiger partial charge in [-0.3, -0.25) is 0 Å². The van der Waals surface area contributed by atoms with E-state index in [9.17, 15) is 5.11 Å². The van der Waals surface area contributed by atoms with Crippen molar-refractivity contribution in [2.24, 2.45) is 0 Å². The van der Waals surface area contributed by atoms with Crippen molar-refractivity contribution in [3.8, 4) is 0 Å². The lowest BCUT2D eigenvalue weighted by molar-refractivity contribution is 0.199. The van der Waals surface area contributed by atoms with Crippen molar-refractivity contribution in [3.05, 3.63) is 46.6 Å². The number of hydrogen-bond acceptors (Lipinski definition) is 5. The van der Waals surface area contributed by atoms with E-state index >= 15 is 0 Å². The average Bonchev–Trinajstić information content (AvgIpc) is 2.53. The summed E-state index contributed by atoms with van der Waals surface area (Å²) in [5, 5.41) is 12.9. The molecule has 1 aromatic heterocycles. The maximum Gasteiger partial charge on any atom is 0.224 e. The van der Waals surface area contributed by atoms with E-state index in [1.807, 2.05) is 32.9 Å². The predicted octanol–water partition coefficient (Wildman–Crippen LogP) is 2.83. The molecule has 2 heterocycles. The molecule has 1 aliphatic heterocycles.